The molecule has 1 atom stereocenters. The summed E-state index contributed by atoms with van der Waals surface area (Å²) in [6.07, 6.45) is 4.80. The summed E-state index contributed by atoms with van der Waals surface area (Å²) < 4.78 is 5.20. The summed E-state index contributed by atoms with van der Waals surface area (Å²) in [5, 5.41) is 3.95. The molecular formula is C13H18N4O. The second-order valence-electron chi connectivity index (χ2n) is 4.75. The highest BCUT2D eigenvalue weighted by Gasteiger charge is 2.14. The summed E-state index contributed by atoms with van der Waals surface area (Å²) in [5.74, 6) is 1.68. The molecule has 2 rings (SSSR count). The zero-order chi connectivity index (χ0) is 13.0. The van der Waals surface area contributed by atoms with Gasteiger partial charge in [0.15, 0.2) is 5.82 Å². The van der Waals surface area contributed by atoms with Crippen molar-refractivity contribution in [2.24, 2.45) is 11.7 Å². The van der Waals surface area contributed by atoms with Crippen molar-refractivity contribution in [2.45, 2.75) is 32.7 Å². The van der Waals surface area contributed by atoms with Gasteiger partial charge in [0.25, 0.3) is 0 Å². The predicted molar refractivity (Wildman–Crippen MR) is 67.9 cm³/mol. The SMILES string of the molecule is CC(C)C(N)Cc1nc(Cc2cccnc2)no1. The molecule has 0 fully saturated rings. The lowest BCUT2D eigenvalue weighted by Gasteiger charge is -2.11. The van der Waals surface area contributed by atoms with Gasteiger partial charge in [-0.1, -0.05) is 25.1 Å². The maximum atomic E-state index is 5.97. The van der Waals surface area contributed by atoms with E-state index in [0.717, 1.165) is 5.56 Å². The normalized spacial score (nSPS) is 12.9. The molecule has 0 aliphatic carbocycles. The fourth-order valence-corrected chi connectivity index (χ4v) is 1.57. The van der Waals surface area contributed by atoms with Crippen LogP contribution >= 0.6 is 0 Å². The average Bonchev–Trinajstić information content (AvgIpc) is 2.77. The Hall–Kier alpha value is -1.75. The first-order valence-electron chi connectivity index (χ1n) is 6.11. The number of rotatable bonds is 5. The maximum absolute atomic E-state index is 5.97. The zero-order valence-corrected chi connectivity index (χ0v) is 10.7. The van der Waals surface area contributed by atoms with Gasteiger partial charge in [0, 0.05) is 31.3 Å². The topological polar surface area (TPSA) is 77.8 Å². The van der Waals surface area contributed by atoms with Crippen molar-refractivity contribution in [2.75, 3.05) is 0 Å². The minimum atomic E-state index is 0.0525. The van der Waals surface area contributed by atoms with Gasteiger partial charge in [-0.2, -0.15) is 4.98 Å². The van der Waals surface area contributed by atoms with E-state index < -0.39 is 0 Å². The van der Waals surface area contributed by atoms with Crippen LogP contribution in [0, 0.1) is 5.92 Å². The Morgan fingerprint density at radius 3 is 2.89 bits per heavy atom. The molecule has 1 unspecified atom stereocenters. The smallest absolute Gasteiger partial charge is 0.228 e. The summed E-state index contributed by atoms with van der Waals surface area (Å²) >= 11 is 0. The second kappa shape index (κ2) is 5.73. The average molecular weight is 246 g/mol. The lowest BCUT2D eigenvalue weighted by Crippen LogP contribution is -2.28. The first-order chi connectivity index (χ1) is 8.65. The van der Waals surface area contributed by atoms with Gasteiger partial charge in [0.1, 0.15) is 0 Å². The fraction of sp³-hybridized carbons (Fsp3) is 0.462. The first-order valence-corrected chi connectivity index (χ1v) is 6.11. The zero-order valence-electron chi connectivity index (χ0n) is 10.7. The number of nitrogens with two attached hydrogens (primary N) is 1. The Morgan fingerprint density at radius 2 is 2.22 bits per heavy atom. The molecule has 0 aliphatic heterocycles. The van der Waals surface area contributed by atoms with Gasteiger partial charge in [0.05, 0.1) is 0 Å². The molecule has 5 heteroatoms. The molecule has 0 aromatic carbocycles. The molecular weight excluding hydrogens is 228 g/mol. The highest BCUT2D eigenvalue weighted by atomic mass is 16.5. The van der Waals surface area contributed by atoms with Gasteiger partial charge in [-0.05, 0) is 17.5 Å². The highest BCUT2D eigenvalue weighted by molar-refractivity contribution is 5.13. The van der Waals surface area contributed by atoms with E-state index in [1.165, 1.54) is 0 Å². The van der Waals surface area contributed by atoms with E-state index in [0.29, 0.717) is 30.5 Å². The van der Waals surface area contributed by atoms with E-state index in [1.54, 1.807) is 12.4 Å². The van der Waals surface area contributed by atoms with Crippen molar-refractivity contribution < 1.29 is 4.52 Å². The molecule has 96 valence electrons. The van der Waals surface area contributed by atoms with Crippen molar-refractivity contribution in [3.63, 3.8) is 0 Å². The molecule has 0 saturated heterocycles. The van der Waals surface area contributed by atoms with Crippen LogP contribution < -0.4 is 5.73 Å². The van der Waals surface area contributed by atoms with Crippen LogP contribution in [-0.2, 0) is 12.8 Å². The van der Waals surface area contributed by atoms with E-state index in [-0.39, 0.29) is 6.04 Å². The molecule has 0 spiro atoms. The van der Waals surface area contributed by atoms with E-state index in [1.807, 2.05) is 12.1 Å². The quantitative estimate of drug-likeness (QED) is 0.866. The van der Waals surface area contributed by atoms with Crippen LogP contribution in [0.5, 0.6) is 0 Å². The number of hydrogen-bond acceptors (Lipinski definition) is 5. The van der Waals surface area contributed by atoms with E-state index in [9.17, 15) is 0 Å². The number of aromatic nitrogens is 3. The summed E-state index contributed by atoms with van der Waals surface area (Å²) in [6.45, 7) is 4.16. The summed E-state index contributed by atoms with van der Waals surface area (Å²) in [4.78, 5) is 8.40. The predicted octanol–water partition coefficient (Wildman–Crippen LogP) is 1.58. The van der Waals surface area contributed by atoms with Gasteiger partial charge < -0.3 is 10.3 Å². The molecule has 2 aromatic rings. The Morgan fingerprint density at radius 1 is 1.39 bits per heavy atom. The molecule has 0 bridgehead atoms. The lowest BCUT2D eigenvalue weighted by molar-refractivity contribution is 0.350. The van der Waals surface area contributed by atoms with Gasteiger partial charge in [0.2, 0.25) is 5.89 Å². The largest absolute Gasteiger partial charge is 0.339 e. The minimum Gasteiger partial charge on any atom is -0.339 e. The monoisotopic (exact) mass is 246 g/mol. The molecule has 2 aromatic heterocycles. The number of hydrogen-bond donors (Lipinski definition) is 1. The van der Waals surface area contributed by atoms with Crippen molar-refractivity contribution in [3.8, 4) is 0 Å². The summed E-state index contributed by atoms with van der Waals surface area (Å²) in [6, 6.07) is 3.94. The standard InChI is InChI=1S/C13H18N4O/c1-9(2)11(14)7-13-16-12(17-18-13)6-10-4-3-5-15-8-10/h3-5,8-9,11H,6-7,14H2,1-2H3. The Kier molecular flexibility index (Phi) is 4.04. The second-order valence-corrected chi connectivity index (χ2v) is 4.75. The number of pyridine rings is 1. The van der Waals surface area contributed by atoms with Crippen LogP contribution in [-0.4, -0.2) is 21.2 Å². The summed E-state index contributed by atoms with van der Waals surface area (Å²) in [7, 11) is 0. The van der Waals surface area contributed by atoms with Crippen LogP contribution in [0.4, 0.5) is 0 Å². The third-order valence-corrected chi connectivity index (χ3v) is 2.86. The minimum absolute atomic E-state index is 0.0525. The molecule has 0 radical (unpaired) electrons. The Balaban J connectivity index is 1.98. The van der Waals surface area contributed by atoms with Crippen molar-refractivity contribution in [1.29, 1.82) is 0 Å². The van der Waals surface area contributed by atoms with Gasteiger partial charge in [-0.25, -0.2) is 0 Å². The van der Waals surface area contributed by atoms with E-state index in [2.05, 4.69) is 29.0 Å². The molecule has 0 amide bonds. The fourth-order valence-electron chi connectivity index (χ4n) is 1.57. The molecule has 5 nitrogen and oxygen atoms in total. The molecule has 2 N–H and O–H groups in total. The van der Waals surface area contributed by atoms with Crippen LogP contribution in [0.15, 0.2) is 29.0 Å². The van der Waals surface area contributed by atoms with E-state index in [4.69, 9.17) is 10.3 Å². The van der Waals surface area contributed by atoms with Gasteiger partial charge >= 0.3 is 0 Å². The Labute approximate surface area is 106 Å². The molecule has 0 aliphatic rings. The van der Waals surface area contributed by atoms with Crippen LogP contribution in [0.3, 0.4) is 0 Å². The van der Waals surface area contributed by atoms with Gasteiger partial charge in [-0.15, -0.1) is 0 Å². The van der Waals surface area contributed by atoms with Crippen molar-refractivity contribution in [1.82, 2.24) is 15.1 Å². The molecule has 0 saturated carbocycles. The highest BCUT2D eigenvalue weighted by Crippen LogP contribution is 2.09. The Bertz CT molecular complexity index is 481. The summed E-state index contributed by atoms with van der Waals surface area (Å²) in [5.41, 5.74) is 7.04. The van der Waals surface area contributed by atoms with Crippen molar-refractivity contribution in [3.05, 3.63) is 41.8 Å². The van der Waals surface area contributed by atoms with Crippen LogP contribution in [0.1, 0.15) is 31.1 Å². The molecule has 2 heterocycles. The first kappa shape index (κ1) is 12.7. The lowest BCUT2D eigenvalue weighted by atomic mass is 10.0. The number of nitrogens with zero attached hydrogens (tertiary/aromatic N) is 3. The van der Waals surface area contributed by atoms with Gasteiger partial charge in [-0.3, -0.25) is 4.98 Å². The molecule has 18 heavy (non-hydrogen) atoms. The van der Waals surface area contributed by atoms with Crippen LogP contribution in [0.2, 0.25) is 0 Å². The van der Waals surface area contributed by atoms with Crippen LogP contribution in [0.25, 0.3) is 0 Å². The third-order valence-electron chi connectivity index (χ3n) is 2.86. The van der Waals surface area contributed by atoms with Crippen molar-refractivity contribution >= 4 is 0 Å². The maximum Gasteiger partial charge on any atom is 0.228 e. The van der Waals surface area contributed by atoms with E-state index >= 15 is 0 Å². The third kappa shape index (κ3) is 3.37.